The SMILES string of the molecule is CCC(OC1C2CC3CC(C2)CC1C3)C(=O)O. The fourth-order valence-electron chi connectivity index (χ4n) is 4.62. The molecule has 0 aromatic heterocycles. The zero-order valence-corrected chi connectivity index (χ0v) is 10.5. The summed E-state index contributed by atoms with van der Waals surface area (Å²) in [4.78, 5) is 11.1. The quantitative estimate of drug-likeness (QED) is 0.819. The van der Waals surface area contributed by atoms with Gasteiger partial charge < -0.3 is 9.84 Å². The number of ether oxygens (including phenoxy) is 1. The van der Waals surface area contributed by atoms with Crippen LogP contribution in [0.1, 0.15) is 45.4 Å². The summed E-state index contributed by atoms with van der Waals surface area (Å²) in [5.74, 6) is 2.35. The van der Waals surface area contributed by atoms with E-state index in [4.69, 9.17) is 9.84 Å². The van der Waals surface area contributed by atoms with Crippen molar-refractivity contribution in [3.63, 3.8) is 0 Å². The molecular formula is C14H22O3. The van der Waals surface area contributed by atoms with Gasteiger partial charge in [0, 0.05) is 0 Å². The topological polar surface area (TPSA) is 46.5 Å². The zero-order chi connectivity index (χ0) is 12.0. The number of hydrogen-bond donors (Lipinski definition) is 1. The van der Waals surface area contributed by atoms with Crippen molar-refractivity contribution in [3.8, 4) is 0 Å². The van der Waals surface area contributed by atoms with E-state index in [1.54, 1.807) is 0 Å². The van der Waals surface area contributed by atoms with Crippen molar-refractivity contribution < 1.29 is 14.6 Å². The van der Waals surface area contributed by atoms with Crippen molar-refractivity contribution in [2.75, 3.05) is 0 Å². The molecule has 4 bridgehead atoms. The van der Waals surface area contributed by atoms with Crippen LogP contribution in [0.3, 0.4) is 0 Å². The molecule has 0 heterocycles. The first kappa shape index (κ1) is 11.5. The minimum absolute atomic E-state index is 0.240. The molecule has 3 heteroatoms. The average Bonchev–Trinajstić information content (AvgIpc) is 2.27. The van der Waals surface area contributed by atoms with E-state index in [0.717, 1.165) is 11.8 Å². The molecule has 0 aliphatic heterocycles. The Bertz CT molecular complexity index is 285. The van der Waals surface area contributed by atoms with Crippen LogP contribution >= 0.6 is 0 Å². The number of carboxylic acid groups (broad SMARTS) is 1. The number of aliphatic carboxylic acids is 1. The van der Waals surface area contributed by atoms with Gasteiger partial charge in [-0.05, 0) is 62.2 Å². The molecular weight excluding hydrogens is 216 g/mol. The summed E-state index contributed by atoms with van der Waals surface area (Å²) in [5, 5.41) is 9.10. The summed E-state index contributed by atoms with van der Waals surface area (Å²) in [6.45, 7) is 1.90. The molecule has 1 N–H and O–H groups in total. The van der Waals surface area contributed by atoms with Gasteiger partial charge in [-0.1, -0.05) is 6.92 Å². The lowest BCUT2D eigenvalue weighted by Gasteiger charge is -2.54. The smallest absolute Gasteiger partial charge is 0.332 e. The van der Waals surface area contributed by atoms with Crippen molar-refractivity contribution in [1.82, 2.24) is 0 Å². The molecule has 4 saturated carbocycles. The predicted octanol–water partition coefficient (Wildman–Crippen LogP) is 2.69. The maximum absolute atomic E-state index is 11.1. The first-order valence-electron chi connectivity index (χ1n) is 7.05. The van der Waals surface area contributed by atoms with Crippen LogP contribution in [-0.2, 0) is 9.53 Å². The number of carbonyl (C=O) groups is 1. The Morgan fingerprint density at radius 2 is 1.71 bits per heavy atom. The molecule has 4 aliphatic rings. The summed E-state index contributed by atoms with van der Waals surface area (Å²) in [7, 11) is 0. The molecule has 4 rings (SSSR count). The number of carboxylic acids is 1. The highest BCUT2D eigenvalue weighted by Crippen LogP contribution is 2.54. The molecule has 96 valence electrons. The minimum atomic E-state index is -0.790. The van der Waals surface area contributed by atoms with E-state index >= 15 is 0 Å². The fourth-order valence-corrected chi connectivity index (χ4v) is 4.62. The molecule has 4 aliphatic carbocycles. The van der Waals surface area contributed by atoms with Gasteiger partial charge in [0.1, 0.15) is 0 Å². The molecule has 0 aromatic rings. The lowest BCUT2D eigenvalue weighted by Crippen LogP contribution is -2.51. The number of rotatable bonds is 4. The molecule has 1 atom stereocenters. The largest absolute Gasteiger partial charge is 0.479 e. The monoisotopic (exact) mass is 238 g/mol. The Morgan fingerprint density at radius 1 is 1.18 bits per heavy atom. The van der Waals surface area contributed by atoms with Crippen molar-refractivity contribution >= 4 is 5.97 Å². The van der Waals surface area contributed by atoms with Crippen molar-refractivity contribution in [2.45, 2.75) is 57.7 Å². The molecule has 0 spiro atoms. The van der Waals surface area contributed by atoms with Gasteiger partial charge in [-0.3, -0.25) is 0 Å². The maximum atomic E-state index is 11.1. The van der Waals surface area contributed by atoms with E-state index in [0.29, 0.717) is 18.3 Å². The highest BCUT2D eigenvalue weighted by Gasteiger charge is 2.49. The lowest BCUT2D eigenvalue weighted by atomic mass is 9.55. The summed E-state index contributed by atoms with van der Waals surface area (Å²) < 4.78 is 5.94. The van der Waals surface area contributed by atoms with Crippen molar-refractivity contribution in [1.29, 1.82) is 0 Å². The Labute approximate surface area is 103 Å². The third-order valence-electron chi connectivity index (χ3n) is 5.11. The van der Waals surface area contributed by atoms with Crippen LogP contribution in [0.25, 0.3) is 0 Å². The number of hydrogen-bond acceptors (Lipinski definition) is 2. The molecule has 0 radical (unpaired) electrons. The first-order chi connectivity index (χ1) is 8.17. The fraction of sp³-hybridized carbons (Fsp3) is 0.929. The van der Waals surface area contributed by atoms with Crippen LogP contribution in [0.2, 0.25) is 0 Å². The van der Waals surface area contributed by atoms with E-state index in [1.165, 1.54) is 32.1 Å². The zero-order valence-electron chi connectivity index (χ0n) is 10.5. The third-order valence-corrected chi connectivity index (χ3v) is 5.11. The Kier molecular flexibility index (Phi) is 2.89. The van der Waals surface area contributed by atoms with Gasteiger partial charge in [0.25, 0.3) is 0 Å². The van der Waals surface area contributed by atoms with E-state index < -0.39 is 12.1 Å². The van der Waals surface area contributed by atoms with Gasteiger partial charge >= 0.3 is 5.97 Å². The molecule has 0 aromatic carbocycles. The van der Waals surface area contributed by atoms with E-state index in [9.17, 15) is 4.79 Å². The van der Waals surface area contributed by atoms with Crippen LogP contribution in [-0.4, -0.2) is 23.3 Å². The molecule has 4 fully saturated rings. The van der Waals surface area contributed by atoms with Gasteiger partial charge in [0.2, 0.25) is 0 Å². The van der Waals surface area contributed by atoms with Gasteiger partial charge in [0.15, 0.2) is 6.10 Å². The first-order valence-corrected chi connectivity index (χ1v) is 7.05. The van der Waals surface area contributed by atoms with Crippen LogP contribution in [0.4, 0.5) is 0 Å². The predicted molar refractivity (Wildman–Crippen MR) is 63.6 cm³/mol. The highest BCUT2D eigenvalue weighted by molar-refractivity contribution is 5.72. The molecule has 0 saturated heterocycles. The molecule has 0 amide bonds. The second-order valence-corrected chi connectivity index (χ2v) is 6.27. The Hall–Kier alpha value is -0.570. The van der Waals surface area contributed by atoms with E-state index in [-0.39, 0.29) is 6.10 Å². The second kappa shape index (κ2) is 4.27. The highest BCUT2D eigenvalue weighted by atomic mass is 16.5. The van der Waals surface area contributed by atoms with E-state index in [1.807, 2.05) is 6.92 Å². The Morgan fingerprint density at radius 3 is 2.12 bits per heavy atom. The van der Waals surface area contributed by atoms with Gasteiger partial charge in [-0.15, -0.1) is 0 Å². The maximum Gasteiger partial charge on any atom is 0.332 e. The minimum Gasteiger partial charge on any atom is -0.479 e. The molecule has 1 unspecified atom stereocenters. The lowest BCUT2D eigenvalue weighted by molar-refractivity contribution is -0.177. The van der Waals surface area contributed by atoms with Gasteiger partial charge in [0.05, 0.1) is 6.10 Å². The van der Waals surface area contributed by atoms with Gasteiger partial charge in [-0.2, -0.15) is 0 Å². The molecule has 17 heavy (non-hydrogen) atoms. The van der Waals surface area contributed by atoms with Crippen molar-refractivity contribution in [3.05, 3.63) is 0 Å². The second-order valence-electron chi connectivity index (χ2n) is 6.27. The summed E-state index contributed by atoms with van der Waals surface area (Å²) >= 11 is 0. The van der Waals surface area contributed by atoms with Crippen LogP contribution in [0.15, 0.2) is 0 Å². The van der Waals surface area contributed by atoms with E-state index in [2.05, 4.69) is 0 Å². The Balaban J connectivity index is 1.69. The third kappa shape index (κ3) is 1.99. The van der Waals surface area contributed by atoms with Crippen LogP contribution in [0, 0.1) is 23.7 Å². The standard InChI is InChI=1S/C14H22O3/c1-2-12(14(15)16)17-13-10-4-8-3-9(6-10)7-11(13)5-8/h8-13H,2-7H2,1H3,(H,15,16). The average molecular weight is 238 g/mol. The van der Waals surface area contributed by atoms with Crippen molar-refractivity contribution in [2.24, 2.45) is 23.7 Å². The van der Waals surface area contributed by atoms with Crippen LogP contribution in [0.5, 0.6) is 0 Å². The van der Waals surface area contributed by atoms with Gasteiger partial charge in [-0.25, -0.2) is 4.79 Å². The summed E-state index contributed by atoms with van der Waals surface area (Å²) in [6, 6.07) is 0. The summed E-state index contributed by atoms with van der Waals surface area (Å²) in [5.41, 5.74) is 0. The summed E-state index contributed by atoms with van der Waals surface area (Å²) in [6.07, 6.45) is 6.80. The molecule has 3 nitrogen and oxygen atoms in total. The van der Waals surface area contributed by atoms with Crippen LogP contribution < -0.4 is 0 Å². The normalized spacial score (nSPS) is 44.9.